The van der Waals surface area contributed by atoms with Gasteiger partial charge in [0.25, 0.3) is 0 Å². The van der Waals surface area contributed by atoms with Gasteiger partial charge in [-0.1, -0.05) is 26.0 Å². The summed E-state index contributed by atoms with van der Waals surface area (Å²) in [6.07, 6.45) is 2.34. The summed E-state index contributed by atoms with van der Waals surface area (Å²) < 4.78 is 0. The Hall–Kier alpha value is -1.06. The van der Waals surface area contributed by atoms with Crippen LogP contribution in [0.4, 0.5) is 5.69 Å². The van der Waals surface area contributed by atoms with Crippen LogP contribution in [-0.4, -0.2) is 30.8 Å². The SMILES string of the molecule is CC(C)NCc1ccc(N2CCCC(CO)C2)cc1. The van der Waals surface area contributed by atoms with Crippen molar-refractivity contribution in [3.8, 4) is 0 Å². The summed E-state index contributed by atoms with van der Waals surface area (Å²) in [6, 6.07) is 9.33. The number of nitrogens with zero attached hydrogens (tertiary/aromatic N) is 1. The number of rotatable bonds is 5. The van der Waals surface area contributed by atoms with Gasteiger partial charge in [-0.25, -0.2) is 0 Å². The molecule has 1 aromatic carbocycles. The molecular formula is C16H26N2O. The van der Waals surface area contributed by atoms with Crippen molar-refractivity contribution < 1.29 is 5.11 Å². The van der Waals surface area contributed by atoms with E-state index in [1.54, 1.807) is 0 Å². The zero-order valence-corrected chi connectivity index (χ0v) is 12.1. The van der Waals surface area contributed by atoms with Crippen LogP contribution in [0.2, 0.25) is 0 Å². The van der Waals surface area contributed by atoms with Gasteiger partial charge in [-0.2, -0.15) is 0 Å². The molecule has 1 saturated heterocycles. The number of benzene rings is 1. The van der Waals surface area contributed by atoms with Crippen LogP contribution >= 0.6 is 0 Å². The Labute approximate surface area is 116 Å². The number of hydrogen-bond acceptors (Lipinski definition) is 3. The summed E-state index contributed by atoms with van der Waals surface area (Å²) in [6.45, 7) is 7.67. The van der Waals surface area contributed by atoms with E-state index >= 15 is 0 Å². The minimum absolute atomic E-state index is 0.312. The molecule has 0 spiro atoms. The summed E-state index contributed by atoms with van der Waals surface area (Å²) >= 11 is 0. The molecule has 19 heavy (non-hydrogen) atoms. The highest BCUT2D eigenvalue weighted by Gasteiger charge is 2.19. The number of aliphatic hydroxyl groups excluding tert-OH is 1. The lowest BCUT2D eigenvalue weighted by molar-refractivity contribution is 0.209. The smallest absolute Gasteiger partial charge is 0.0476 e. The molecule has 2 rings (SSSR count). The highest BCUT2D eigenvalue weighted by molar-refractivity contribution is 5.48. The van der Waals surface area contributed by atoms with Crippen molar-refractivity contribution in [2.24, 2.45) is 5.92 Å². The van der Waals surface area contributed by atoms with E-state index in [1.807, 2.05) is 0 Å². The first-order valence-electron chi connectivity index (χ1n) is 7.37. The van der Waals surface area contributed by atoms with Crippen molar-refractivity contribution in [2.45, 2.75) is 39.3 Å². The Morgan fingerprint density at radius 3 is 2.68 bits per heavy atom. The fourth-order valence-electron chi connectivity index (χ4n) is 2.60. The van der Waals surface area contributed by atoms with Crippen LogP contribution in [0.25, 0.3) is 0 Å². The van der Waals surface area contributed by atoms with E-state index in [2.05, 4.69) is 48.3 Å². The third kappa shape index (κ3) is 4.22. The molecule has 1 fully saturated rings. The highest BCUT2D eigenvalue weighted by Crippen LogP contribution is 2.23. The van der Waals surface area contributed by atoms with E-state index in [9.17, 15) is 5.11 Å². The van der Waals surface area contributed by atoms with Gasteiger partial charge < -0.3 is 15.3 Å². The van der Waals surface area contributed by atoms with Crippen molar-refractivity contribution in [1.82, 2.24) is 5.32 Å². The Morgan fingerprint density at radius 1 is 1.32 bits per heavy atom. The molecule has 3 heteroatoms. The molecule has 0 radical (unpaired) electrons. The lowest BCUT2D eigenvalue weighted by atomic mass is 9.98. The molecule has 1 aromatic rings. The van der Waals surface area contributed by atoms with Crippen molar-refractivity contribution in [1.29, 1.82) is 0 Å². The van der Waals surface area contributed by atoms with Gasteiger partial charge in [-0.05, 0) is 36.5 Å². The van der Waals surface area contributed by atoms with Gasteiger partial charge in [0.15, 0.2) is 0 Å². The van der Waals surface area contributed by atoms with Crippen LogP contribution in [0.1, 0.15) is 32.3 Å². The van der Waals surface area contributed by atoms with Gasteiger partial charge in [0.2, 0.25) is 0 Å². The average Bonchev–Trinajstić information content (AvgIpc) is 2.45. The van der Waals surface area contributed by atoms with Gasteiger partial charge in [0.1, 0.15) is 0 Å². The molecular weight excluding hydrogens is 236 g/mol. The van der Waals surface area contributed by atoms with E-state index in [-0.39, 0.29) is 0 Å². The number of hydrogen-bond donors (Lipinski definition) is 2. The molecule has 0 bridgehead atoms. The third-order valence-electron chi connectivity index (χ3n) is 3.79. The zero-order chi connectivity index (χ0) is 13.7. The van der Waals surface area contributed by atoms with Crippen LogP contribution in [-0.2, 0) is 6.54 Å². The molecule has 1 heterocycles. The van der Waals surface area contributed by atoms with E-state index < -0.39 is 0 Å². The molecule has 1 unspecified atom stereocenters. The van der Waals surface area contributed by atoms with Crippen LogP contribution < -0.4 is 10.2 Å². The summed E-state index contributed by atoms with van der Waals surface area (Å²) in [4.78, 5) is 2.39. The number of piperidine rings is 1. The molecule has 1 aliphatic rings. The molecule has 3 nitrogen and oxygen atoms in total. The Kier molecular flexibility index (Phi) is 5.23. The highest BCUT2D eigenvalue weighted by atomic mass is 16.3. The van der Waals surface area contributed by atoms with Gasteiger partial charge >= 0.3 is 0 Å². The maximum absolute atomic E-state index is 9.29. The van der Waals surface area contributed by atoms with Crippen molar-refractivity contribution in [3.63, 3.8) is 0 Å². The topological polar surface area (TPSA) is 35.5 Å². The van der Waals surface area contributed by atoms with E-state index in [4.69, 9.17) is 0 Å². The third-order valence-corrected chi connectivity index (χ3v) is 3.79. The molecule has 106 valence electrons. The van der Waals surface area contributed by atoms with E-state index in [0.717, 1.165) is 26.1 Å². The van der Waals surface area contributed by atoms with Crippen molar-refractivity contribution in [3.05, 3.63) is 29.8 Å². The number of aliphatic hydroxyl groups is 1. The summed E-state index contributed by atoms with van der Waals surface area (Å²) in [5.41, 5.74) is 2.61. The molecule has 0 amide bonds. The Morgan fingerprint density at radius 2 is 2.05 bits per heavy atom. The minimum Gasteiger partial charge on any atom is -0.396 e. The average molecular weight is 262 g/mol. The molecule has 1 aliphatic heterocycles. The molecule has 1 atom stereocenters. The van der Waals surface area contributed by atoms with Gasteiger partial charge in [0.05, 0.1) is 0 Å². The minimum atomic E-state index is 0.312. The fourth-order valence-corrected chi connectivity index (χ4v) is 2.60. The molecule has 0 aromatic heterocycles. The van der Waals surface area contributed by atoms with Crippen LogP contribution in [0, 0.1) is 5.92 Å². The second kappa shape index (κ2) is 6.92. The molecule has 2 N–H and O–H groups in total. The standard InChI is InChI=1S/C16H26N2O/c1-13(2)17-10-14-5-7-16(8-6-14)18-9-3-4-15(11-18)12-19/h5-8,13,15,17,19H,3-4,9-12H2,1-2H3. The quantitative estimate of drug-likeness (QED) is 0.855. The second-order valence-electron chi connectivity index (χ2n) is 5.84. The number of nitrogens with one attached hydrogen (secondary N) is 1. The maximum Gasteiger partial charge on any atom is 0.0476 e. The normalized spacial score (nSPS) is 20.0. The summed E-state index contributed by atoms with van der Waals surface area (Å²) in [7, 11) is 0. The van der Waals surface area contributed by atoms with Gasteiger partial charge in [0, 0.05) is 38.0 Å². The first-order valence-corrected chi connectivity index (χ1v) is 7.37. The van der Waals surface area contributed by atoms with Gasteiger partial charge in [-0.15, -0.1) is 0 Å². The van der Waals surface area contributed by atoms with Crippen LogP contribution in [0.5, 0.6) is 0 Å². The van der Waals surface area contributed by atoms with Crippen LogP contribution in [0.3, 0.4) is 0 Å². The Balaban J connectivity index is 1.93. The fraction of sp³-hybridized carbons (Fsp3) is 0.625. The first kappa shape index (κ1) is 14.4. The first-order chi connectivity index (χ1) is 9.19. The van der Waals surface area contributed by atoms with Crippen molar-refractivity contribution in [2.75, 3.05) is 24.6 Å². The van der Waals surface area contributed by atoms with Gasteiger partial charge in [-0.3, -0.25) is 0 Å². The predicted molar refractivity (Wildman–Crippen MR) is 80.4 cm³/mol. The van der Waals surface area contributed by atoms with Crippen molar-refractivity contribution >= 4 is 5.69 Å². The number of anilines is 1. The monoisotopic (exact) mass is 262 g/mol. The summed E-state index contributed by atoms with van der Waals surface area (Å²) in [5, 5.41) is 12.7. The zero-order valence-electron chi connectivity index (χ0n) is 12.1. The maximum atomic E-state index is 9.29. The van der Waals surface area contributed by atoms with E-state index in [1.165, 1.54) is 17.7 Å². The molecule has 0 aliphatic carbocycles. The van der Waals surface area contributed by atoms with Crippen LogP contribution in [0.15, 0.2) is 24.3 Å². The lowest BCUT2D eigenvalue weighted by Crippen LogP contribution is -2.36. The Bertz CT molecular complexity index is 375. The molecule has 0 saturated carbocycles. The van der Waals surface area contributed by atoms with E-state index in [0.29, 0.717) is 18.6 Å². The lowest BCUT2D eigenvalue weighted by Gasteiger charge is -2.33. The largest absolute Gasteiger partial charge is 0.396 e. The second-order valence-corrected chi connectivity index (χ2v) is 5.84. The predicted octanol–water partition coefficient (Wildman–Crippen LogP) is 2.39. The summed E-state index contributed by atoms with van der Waals surface area (Å²) in [5.74, 6) is 0.441.